The lowest BCUT2D eigenvalue weighted by Crippen LogP contribution is -2.28. The van der Waals surface area contributed by atoms with Gasteiger partial charge in [0.05, 0.1) is 16.1 Å². The summed E-state index contributed by atoms with van der Waals surface area (Å²) in [6, 6.07) is 9.79. The van der Waals surface area contributed by atoms with E-state index in [1.807, 2.05) is 42.8 Å². The molecule has 4 nitrogen and oxygen atoms in total. The van der Waals surface area contributed by atoms with Crippen molar-refractivity contribution in [2.24, 2.45) is 5.84 Å². The number of hydrogen-bond donors (Lipinski definition) is 2. The average molecular weight is 259 g/mol. The molecule has 0 saturated carbocycles. The fraction of sp³-hybridized carbons (Fsp3) is 0.154. The molecule has 1 aromatic carbocycles. The van der Waals surface area contributed by atoms with E-state index < -0.39 is 0 Å². The highest BCUT2D eigenvalue weighted by molar-refractivity contribution is 7.09. The number of nitrogens with zero attached hydrogens (tertiary/aromatic N) is 1. The number of furan rings is 1. The summed E-state index contributed by atoms with van der Waals surface area (Å²) in [6.07, 6.45) is 0. The van der Waals surface area contributed by atoms with Gasteiger partial charge in [0.1, 0.15) is 17.4 Å². The second-order valence-corrected chi connectivity index (χ2v) is 4.97. The van der Waals surface area contributed by atoms with Crippen molar-refractivity contribution >= 4 is 22.3 Å². The molecule has 0 aliphatic heterocycles. The van der Waals surface area contributed by atoms with Crippen LogP contribution in [0, 0.1) is 6.92 Å². The molecule has 3 N–H and O–H groups in total. The van der Waals surface area contributed by atoms with Crippen LogP contribution in [-0.2, 0) is 0 Å². The zero-order chi connectivity index (χ0) is 12.5. The Morgan fingerprint density at radius 2 is 2.22 bits per heavy atom. The summed E-state index contributed by atoms with van der Waals surface area (Å²) in [5, 5.41) is 1.08. The zero-order valence-electron chi connectivity index (χ0n) is 9.88. The Bertz CT molecular complexity index is 640. The SMILES string of the molecule is Cc1ncsc1C(NN)c1cc2ccccc2o1. The van der Waals surface area contributed by atoms with Crippen molar-refractivity contribution in [3.8, 4) is 0 Å². The number of aryl methyl sites for hydroxylation is 1. The molecule has 0 radical (unpaired) electrons. The third-order valence-corrected chi connectivity index (χ3v) is 3.94. The molecule has 3 rings (SSSR count). The van der Waals surface area contributed by atoms with Gasteiger partial charge in [0, 0.05) is 5.39 Å². The molecule has 2 aromatic heterocycles. The molecule has 0 amide bonds. The van der Waals surface area contributed by atoms with E-state index in [2.05, 4.69) is 10.4 Å². The topological polar surface area (TPSA) is 64.1 Å². The van der Waals surface area contributed by atoms with Gasteiger partial charge in [-0.25, -0.2) is 10.4 Å². The Morgan fingerprint density at radius 3 is 2.89 bits per heavy atom. The smallest absolute Gasteiger partial charge is 0.134 e. The van der Waals surface area contributed by atoms with Crippen molar-refractivity contribution in [1.29, 1.82) is 0 Å². The molecule has 5 heteroatoms. The fourth-order valence-corrected chi connectivity index (χ4v) is 2.89. The van der Waals surface area contributed by atoms with E-state index in [9.17, 15) is 0 Å². The van der Waals surface area contributed by atoms with Gasteiger partial charge in [-0.05, 0) is 19.1 Å². The molecule has 0 bridgehead atoms. The van der Waals surface area contributed by atoms with E-state index in [-0.39, 0.29) is 6.04 Å². The summed E-state index contributed by atoms with van der Waals surface area (Å²) < 4.78 is 5.84. The molecule has 0 saturated heterocycles. The fourth-order valence-electron chi connectivity index (χ4n) is 2.02. The number of para-hydroxylation sites is 1. The highest BCUT2D eigenvalue weighted by Crippen LogP contribution is 2.31. The van der Waals surface area contributed by atoms with Crippen LogP contribution >= 0.6 is 11.3 Å². The number of thiazole rings is 1. The van der Waals surface area contributed by atoms with Crippen molar-refractivity contribution in [2.75, 3.05) is 0 Å². The third kappa shape index (κ3) is 1.82. The van der Waals surface area contributed by atoms with Crippen molar-refractivity contribution in [1.82, 2.24) is 10.4 Å². The maximum absolute atomic E-state index is 5.84. The van der Waals surface area contributed by atoms with Gasteiger partial charge in [-0.15, -0.1) is 11.3 Å². The molecule has 1 unspecified atom stereocenters. The Kier molecular flexibility index (Phi) is 2.87. The molecular formula is C13H13N3OS. The van der Waals surface area contributed by atoms with Crippen LogP contribution in [0.4, 0.5) is 0 Å². The summed E-state index contributed by atoms with van der Waals surface area (Å²) >= 11 is 1.57. The van der Waals surface area contributed by atoms with Crippen LogP contribution in [0.5, 0.6) is 0 Å². The van der Waals surface area contributed by atoms with Gasteiger partial charge in [0.25, 0.3) is 0 Å². The van der Waals surface area contributed by atoms with Crippen LogP contribution in [0.15, 0.2) is 40.3 Å². The quantitative estimate of drug-likeness (QED) is 0.561. The number of hydrazine groups is 1. The van der Waals surface area contributed by atoms with Crippen molar-refractivity contribution in [3.05, 3.63) is 52.2 Å². The molecule has 3 aromatic rings. The van der Waals surface area contributed by atoms with Gasteiger partial charge in [-0.2, -0.15) is 0 Å². The number of nitrogens with one attached hydrogen (secondary N) is 1. The number of nitrogens with two attached hydrogens (primary N) is 1. The van der Waals surface area contributed by atoms with Crippen LogP contribution in [0.1, 0.15) is 22.4 Å². The first-order valence-electron chi connectivity index (χ1n) is 5.64. The van der Waals surface area contributed by atoms with Crippen LogP contribution in [0.25, 0.3) is 11.0 Å². The minimum absolute atomic E-state index is 0.148. The molecule has 1 atom stereocenters. The van der Waals surface area contributed by atoms with E-state index in [4.69, 9.17) is 10.3 Å². The highest BCUT2D eigenvalue weighted by atomic mass is 32.1. The van der Waals surface area contributed by atoms with Gasteiger partial charge < -0.3 is 4.42 Å². The molecule has 2 heterocycles. The van der Waals surface area contributed by atoms with Crippen LogP contribution < -0.4 is 11.3 Å². The Morgan fingerprint density at radius 1 is 1.39 bits per heavy atom. The van der Waals surface area contributed by atoms with Gasteiger partial charge >= 0.3 is 0 Å². The minimum Gasteiger partial charge on any atom is -0.459 e. The lowest BCUT2D eigenvalue weighted by atomic mass is 10.1. The second-order valence-electron chi connectivity index (χ2n) is 4.09. The minimum atomic E-state index is -0.148. The number of hydrogen-bond acceptors (Lipinski definition) is 5. The summed E-state index contributed by atoms with van der Waals surface area (Å²) in [4.78, 5) is 5.33. The number of aromatic nitrogens is 1. The monoisotopic (exact) mass is 259 g/mol. The molecular weight excluding hydrogens is 246 g/mol. The first kappa shape index (κ1) is 11.4. The summed E-state index contributed by atoms with van der Waals surface area (Å²) in [7, 11) is 0. The predicted octanol–water partition coefficient (Wildman–Crippen LogP) is 2.75. The Labute approximate surface area is 108 Å². The lowest BCUT2D eigenvalue weighted by molar-refractivity contribution is 0.480. The number of rotatable bonds is 3. The molecule has 92 valence electrons. The van der Waals surface area contributed by atoms with E-state index in [1.165, 1.54) is 0 Å². The molecule has 0 aliphatic carbocycles. The lowest BCUT2D eigenvalue weighted by Gasteiger charge is -2.11. The zero-order valence-corrected chi connectivity index (χ0v) is 10.7. The van der Waals surface area contributed by atoms with E-state index in [0.29, 0.717) is 0 Å². The summed E-state index contributed by atoms with van der Waals surface area (Å²) in [5.74, 6) is 6.47. The molecule has 0 aliphatic rings. The predicted molar refractivity (Wildman–Crippen MR) is 72.2 cm³/mol. The van der Waals surface area contributed by atoms with Crippen LogP contribution in [-0.4, -0.2) is 4.98 Å². The molecule has 0 fully saturated rings. The Balaban J connectivity index is 2.09. The Hall–Kier alpha value is -1.69. The van der Waals surface area contributed by atoms with Crippen molar-refractivity contribution < 1.29 is 4.42 Å². The maximum Gasteiger partial charge on any atom is 0.134 e. The van der Waals surface area contributed by atoms with Crippen molar-refractivity contribution in [3.63, 3.8) is 0 Å². The largest absolute Gasteiger partial charge is 0.459 e. The first-order chi connectivity index (χ1) is 8.79. The average Bonchev–Trinajstić information content (AvgIpc) is 2.97. The normalized spacial score (nSPS) is 13.0. The van der Waals surface area contributed by atoms with Gasteiger partial charge in [-0.3, -0.25) is 5.84 Å². The van der Waals surface area contributed by atoms with E-state index in [0.717, 1.165) is 27.3 Å². The number of benzene rings is 1. The van der Waals surface area contributed by atoms with Crippen LogP contribution in [0.3, 0.4) is 0 Å². The summed E-state index contributed by atoms with van der Waals surface area (Å²) in [6.45, 7) is 1.97. The van der Waals surface area contributed by atoms with Crippen LogP contribution in [0.2, 0.25) is 0 Å². The standard InChI is InChI=1S/C13H13N3OS/c1-8-13(18-7-15-8)12(16-14)11-6-9-4-2-3-5-10(9)17-11/h2-7,12,16H,14H2,1H3. The maximum atomic E-state index is 5.84. The molecule has 0 spiro atoms. The number of fused-ring (bicyclic) bond motifs is 1. The van der Waals surface area contributed by atoms with Gasteiger partial charge in [0.2, 0.25) is 0 Å². The van der Waals surface area contributed by atoms with Gasteiger partial charge in [0.15, 0.2) is 0 Å². The first-order valence-corrected chi connectivity index (χ1v) is 6.52. The summed E-state index contributed by atoms with van der Waals surface area (Å²) in [5.41, 5.74) is 6.46. The highest BCUT2D eigenvalue weighted by Gasteiger charge is 2.20. The molecule has 18 heavy (non-hydrogen) atoms. The van der Waals surface area contributed by atoms with E-state index >= 15 is 0 Å². The third-order valence-electron chi connectivity index (χ3n) is 2.94. The van der Waals surface area contributed by atoms with Gasteiger partial charge in [-0.1, -0.05) is 18.2 Å². The van der Waals surface area contributed by atoms with E-state index in [1.54, 1.807) is 11.3 Å². The van der Waals surface area contributed by atoms with Crippen molar-refractivity contribution in [2.45, 2.75) is 13.0 Å². The second kappa shape index (κ2) is 4.53.